The van der Waals surface area contributed by atoms with Gasteiger partial charge in [-0.1, -0.05) is 0 Å². The van der Waals surface area contributed by atoms with E-state index in [0.29, 0.717) is 25.2 Å². The third-order valence-electron chi connectivity index (χ3n) is 3.71. The number of halogens is 3. The van der Waals surface area contributed by atoms with E-state index in [4.69, 9.17) is 5.11 Å². The number of carbonyl (C=O) groups is 2. The molecule has 2 rings (SSSR count). The van der Waals surface area contributed by atoms with Gasteiger partial charge in [0.25, 0.3) is 0 Å². The number of carbonyl (C=O) groups excluding carboxylic acids is 1. The molecule has 0 spiro atoms. The lowest BCUT2D eigenvalue weighted by Crippen LogP contribution is -2.56. The molecule has 126 valence electrons. The van der Waals surface area contributed by atoms with E-state index in [1.165, 1.54) is 6.20 Å². The third-order valence-corrected chi connectivity index (χ3v) is 3.71. The summed E-state index contributed by atoms with van der Waals surface area (Å²) in [6.07, 6.45) is -1.60. The number of amides is 1. The van der Waals surface area contributed by atoms with Crippen LogP contribution in [-0.2, 0) is 4.79 Å². The summed E-state index contributed by atoms with van der Waals surface area (Å²) >= 11 is 0. The van der Waals surface area contributed by atoms with E-state index in [1.807, 2.05) is 5.32 Å². The summed E-state index contributed by atoms with van der Waals surface area (Å²) in [7, 11) is 0. The van der Waals surface area contributed by atoms with Gasteiger partial charge in [0.05, 0.1) is 12.4 Å². The number of carboxylic acids is 1. The van der Waals surface area contributed by atoms with Gasteiger partial charge in [-0.2, -0.15) is 13.2 Å². The molecule has 0 unspecified atom stereocenters. The maximum atomic E-state index is 12.4. The van der Waals surface area contributed by atoms with Gasteiger partial charge < -0.3 is 15.3 Å². The summed E-state index contributed by atoms with van der Waals surface area (Å²) < 4.78 is 37.1. The lowest BCUT2D eigenvalue weighted by atomic mass is 9.97. The second kappa shape index (κ2) is 6.39. The molecule has 1 amide bonds. The van der Waals surface area contributed by atoms with Crippen molar-refractivity contribution in [2.45, 2.75) is 38.0 Å². The number of carboxylic acid groups (broad SMARTS) is 1. The zero-order valence-corrected chi connectivity index (χ0v) is 12.2. The molecule has 1 saturated heterocycles. The predicted molar refractivity (Wildman–Crippen MR) is 73.0 cm³/mol. The van der Waals surface area contributed by atoms with E-state index in [2.05, 4.69) is 9.97 Å². The van der Waals surface area contributed by atoms with Gasteiger partial charge in [0.2, 0.25) is 0 Å². The second-order valence-electron chi connectivity index (χ2n) is 5.22. The van der Waals surface area contributed by atoms with Crippen LogP contribution in [-0.4, -0.2) is 51.8 Å². The van der Waals surface area contributed by atoms with Crippen LogP contribution in [0, 0.1) is 0 Å². The molecule has 0 aromatic carbocycles. The molecule has 0 saturated carbocycles. The Labute approximate surface area is 129 Å². The monoisotopic (exact) mass is 332 g/mol. The van der Waals surface area contributed by atoms with E-state index in [-0.39, 0.29) is 5.69 Å². The van der Waals surface area contributed by atoms with E-state index >= 15 is 0 Å². The Morgan fingerprint density at radius 1 is 1.35 bits per heavy atom. The van der Waals surface area contributed by atoms with Crippen LogP contribution in [0.25, 0.3) is 0 Å². The van der Waals surface area contributed by atoms with Gasteiger partial charge in [-0.15, -0.1) is 0 Å². The fourth-order valence-electron chi connectivity index (χ4n) is 2.49. The Morgan fingerprint density at radius 3 is 2.57 bits per heavy atom. The first kappa shape index (κ1) is 17.0. The highest BCUT2D eigenvalue weighted by atomic mass is 19.4. The van der Waals surface area contributed by atoms with Crippen LogP contribution in [0.1, 0.15) is 30.3 Å². The van der Waals surface area contributed by atoms with Crippen molar-refractivity contribution < 1.29 is 27.9 Å². The average Bonchev–Trinajstić information content (AvgIpc) is 2.48. The largest absolute Gasteiger partial charge is 0.476 e. The summed E-state index contributed by atoms with van der Waals surface area (Å²) in [5.74, 6) is -2.83. The van der Waals surface area contributed by atoms with Crippen molar-refractivity contribution in [3.8, 4) is 0 Å². The first-order chi connectivity index (χ1) is 10.7. The van der Waals surface area contributed by atoms with Crippen molar-refractivity contribution in [1.82, 2.24) is 15.3 Å². The number of piperidine rings is 1. The van der Waals surface area contributed by atoms with Crippen LogP contribution in [0.5, 0.6) is 0 Å². The molecule has 0 aliphatic carbocycles. The maximum Gasteiger partial charge on any atom is 0.471 e. The van der Waals surface area contributed by atoms with E-state index in [0.717, 1.165) is 6.20 Å². The Hall–Kier alpha value is -2.39. The molecular weight excluding hydrogens is 317 g/mol. The summed E-state index contributed by atoms with van der Waals surface area (Å²) in [5, 5.41) is 10.8. The molecule has 0 bridgehead atoms. The van der Waals surface area contributed by atoms with Crippen LogP contribution in [0.2, 0.25) is 0 Å². The van der Waals surface area contributed by atoms with Crippen LogP contribution in [0.3, 0.4) is 0 Å². The molecule has 0 radical (unpaired) electrons. The second-order valence-corrected chi connectivity index (χ2v) is 5.22. The van der Waals surface area contributed by atoms with Crippen molar-refractivity contribution in [2.24, 2.45) is 0 Å². The summed E-state index contributed by atoms with van der Waals surface area (Å²) in [6.45, 7) is 2.20. The number of anilines is 1. The van der Waals surface area contributed by atoms with Crippen LogP contribution in [0.4, 0.5) is 19.0 Å². The summed E-state index contributed by atoms with van der Waals surface area (Å²) in [6, 6.07) is -1.11. The molecule has 2 N–H and O–H groups in total. The fraction of sp³-hybridized carbons (Fsp3) is 0.538. The lowest BCUT2D eigenvalue weighted by molar-refractivity contribution is -0.174. The SMILES string of the molecule is C[C@@H]1[C@H](NC(=O)C(F)(F)F)CCCN1c1cnc(C(=O)O)cn1. The van der Waals surface area contributed by atoms with Gasteiger partial charge in [-0.3, -0.25) is 4.79 Å². The molecule has 1 fully saturated rings. The van der Waals surface area contributed by atoms with E-state index < -0.39 is 30.1 Å². The van der Waals surface area contributed by atoms with Crippen LogP contribution >= 0.6 is 0 Å². The van der Waals surface area contributed by atoms with Crippen molar-refractivity contribution in [3.63, 3.8) is 0 Å². The van der Waals surface area contributed by atoms with Crippen LogP contribution in [0.15, 0.2) is 12.4 Å². The smallest absolute Gasteiger partial charge is 0.471 e. The molecule has 1 aromatic heterocycles. The molecule has 10 heteroatoms. The van der Waals surface area contributed by atoms with Gasteiger partial charge in [0, 0.05) is 18.6 Å². The average molecular weight is 332 g/mol. The zero-order chi connectivity index (χ0) is 17.2. The third kappa shape index (κ3) is 3.88. The first-order valence-corrected chi connectivity index (χ1v) is 6.90. The number of hydrogen-bond donors (Lipinski definition) is 2. The van der Waals surface area contributed by atoms with Gasteiger partial charge in [0.1, 0.15) is 5.82 Å². The molecule has 7 nitrogen and oxygen atoms in total. The lowest BCUT2D eigenvalue weighted by Gasteiger charge is -2.40. The quantitative estimate of drug-likeness (QED) is 0.864. The standard InChI is InChI=1S/C13H15F3N4O3/c1-7-8(19-12(23)13(14,15)16)3-2-4-20(7)10-6-17-9(5-18-10)11(21)22/h5-8H,2-4H2,1H3,(H,19,23)(H,21,22)/t7-,8-/m1/s1. The van der Waals surface area contributed by atoms with Crippen molar-refractivity contribution in [2.75, 3.05) is 11.4 Å². The maximum absolute atomic E-state index is 12.4. The molecular formula is C13H15F3N4O3. The Morgan fingerprint density at radius 2 is 2.04 bits per heavy atom. The number of rotatable bonds is 3. The number of nitrogens with one attached hydrogen (secondary N) is 1. The number of alkyl halides is 3. The minimum atomic E-state index is -4.93. The molecule has 2 heterocycles. The highest BCUT2D eigenvalue weighted by Crippen LogP contribution is 2.24. The summed E-state index contributed by atoms with van der Waals surface area (Å²) in [5.41, 5.74) is -0.222. The number of hydrogen-bond acceptors (Lipinski definition) is 5. The van der Waals surface area contributed by atoms with Crippen molar-refractivity contribution in [1.29, 1.82) is 0 Å². The number of nitrogens with zero attached hydrogens (tertiary/aromatic N) is 3. The highest BCUT2D eigenvalue weighted by Gasteiger charge is 2.41. The van der Waals surface area contributed by atoms with E-state index in [9.17, 15) is 22.8 Å². The highest BCUT2D eigenvalue weighted by molar-refractivity contribution is 5.85. The Kier molecular flexibility index (Phi) is 4.71. The van der Waals surface area contributed by atoms with Gasteiger partial charge in [-0.25, -0.2) is 14.8 Å². The predicted octanol–water partition coefficient (Wildman–Crippen LogP) is 1.21. The number of aromatic carboxylic acids is 1. The zero-order valence-electron chi connectivity index (χ0n) is 12.2. The van der Waals surface area contributed by atoms with Crippen molar-refractivity contribution in [3.05, 3.63) is 18.1 Å². The molecule has 1 aliphatic heterocycles. The molecule has 1 aliphatic rings. The topological polar surface area (TPSA) is 95.4 Å². The van der Waals surface area contributed by atoms with Gasteiger partial charge in [0.15, 0.2) is 5.69 Å². The normalized spacial score (nSPS) is 21.8. The number of aromatic nitrogens is 2. The first-order valence-electron chi connectivity index (χ1n) is 6.90. The van der Waals surface area contributed by atoms with Gasteiger partial charge in [-0.05, 0) is 19.8 Å². The Bertz CT molecular complexity index is 591. The molecule has 2 atom stereocenters. The van der Waals surface area contributed by atoms with Crippen molar-refractivity contribution >= 4 is 17.7 Å². The molecule has 1 aromatic rings. The molecule has 23 heavy (non-hydrogen) atoms. The van der Waals surface area contributed by atoms with Crippen LogP contribution < -0.4 is 10.2 Å². The van der Waals surface area contributed by atoms with E-state index in [1.54, 1.807) is 11.8 Å². The Balaban J connectivity index is 2.11. The minimum absolute atomic E-state index is 0.222. The summed E-state index contributed by atoms with van der Waals surface area (Å²) in [4.78, 5) is 31.3. The van der Waals surface area contributed by atoms with Gasteiger partial charge >= 0.3 is 18.1 Å². The fourth-order valence-corrected chi connectivity index (χ4v) is 2.49. The minimum Gasteiger partial charge on any atom is -0.476 e.